The monoisotopic (exact) mass is 738 g/mol. The smallest absolute Gasteiger partial charge is 0.231 e. The van der Waals surface area contributed by atoms with Crippen molar-refractivity contribution in [3.63, 3.8) is 0 Å². The summed E-state index contributed by atoms with van der Waals surface area (Å²) in [6.07, 6.45) is 1.79. The van der Waals surface area contributed by atoms with Crippen LogP contribution in [0, 0.1) is 48.5 Å². The van der Waals surface area contributed by atoms with Gasteiger partial charge in [0.25, 0.3) is 0 Å². The molecule has 12 nitrogen and oxygen atoms in total. The lowest BCUT2D eigenvalue weighted by molar-refractivity contribution is 0.411. The summed E-state index contributed by atoms with van der Waals surface area (Å²) in [7, 11) is 0. The molecule has 0 radical (unpaired) electrons. The second-order valence-electron chi connectivity index (χ2n) is 13.8. The minimum Gasteiger partial charge on any atom is -0.384 e. The first-order valence-electron chi connectivity index (χ1n) is 17.5. The number of aryl methyl sites for hydroxylation is 7. The molecule has 3 aromatic heterocycles. The fourth-order valence-electron chi connectivity index (χ4n) is 6.48. The second-order valence-corrected chi connectivity index (χ2v) is 14.2. The molecule has 0 aliphatic carbocycles. The number of nitrogens with zero attached hydrogens (tertiary/aromatic N) is 7. The lowest BCUT2D eigenvalue weighted by Crippen LogP contribution is -2.52. The van der Waals surface area contributed by atoms with Crippen molar-refractivity contribution < 1.29 is 0 Å². The number of benzene rings is 4. The molecule has 1 unspecified atom stereocenters. The van der Waals surface area contributed by atoms with Crippen molar-refractivity contribution in [3.8, 4) is 5.82 Å². The highest BCUT2D eigenvalue weighted by Gasteiger charge is 2.32. The van der Waals surface area contributed by atoms with Crippen LogP contribution in [0.15, 0.2) is 89.9 Å². The summed E-state index contributed by atoms with van der Waals surface area (Å²) in [5.74, 6) is 3.15. The highest BCUT2D eigenvalue weighted by Crippen LogP contribution is 2.29. The molecular weight excluding hydrogens is 696 g/mol. The number of aromatic nitrogens is 6. The van der Waals surface area contributed by atoms with Gasteiger partial charge in [0.15, 0.2) is 0 Å². The van der Waals surface area contributed by atoms with Crippen LogP contribution >= 0.6 is 11.6 Å². The van der Waals surface area contributed by atoms with E-state index in [1.54, 1.807) is 24.3 Å². The molecule has 0 saturated carbocycles. The predicted molar refractivity (Wildman–Crippen MR) is 220 cm³/mol. The number of anilines is 3. The van der Waals surface area contributed by atoms with Gasteiger partial charge in [-0.3, -0.25) is 14.9 Å². The van der Waals surface area contributed by atoms with Crippen LogP contribution in [-0.4, -0.2) is 34.9 Å². The zero-order valence-electron chi connectivity index (χ0n) is 31.3. The molecule has 54 heavy (non-hydrogen) atoms. The Hall–Kier alpha value is -6.24. The van der Waals surface area contributed by atoms with Crippen molar-refractivity contribution in [2.45, 2.75) is 54.3 Å². The number of imidazole rings is 2. The molecule has 1 aliphatic heterocycles. The molecule has 4 heterocycles. The van der Waals surface area contributed by atoms with Gasteiger partial charge in [0, 0.05) is 28.4 Å². The quantitative estimate of drug-likeness (QED) is 0.120. The second kappa shape index (κ2) is 14.0. The summed E-state index contributed by atoms with van der Waals surface area (Å²) in [6.45, 7) is 14.3. The Morgan fingerprint density at radius 3 is 1.83 bits per heavy atom. The van der Waals surface area contributed by atoms with E-state index in [2.05, 4.69) is 82.5 Å². The number of nitrogens with two attached hydrogens (primary N) is 3. The molecule has 7 aromatic rings. The maximum absolute atomic E-state index is 6.61. The number of halogens is 1. The largest absolute Gasteiger partial charge is 0.384 e. The Kier molecular flexibility index (Phi) is 9.34. The summed E-state index contributed by atoms with van der Waals surface area (Å²) in [5, 5.41) is 7.20. The van der Waals surface area contributed by atoms with Crippen LogP contribution in [-0.2, 0) is 5.79 Å². The van der Waals surface area contributed by atoms with Gasteiger partial charge in [-0.05, 0) is 119 Å². The first kappa shape index (κ1) is 36.1. The van der Waals surface area contributed by atoms with Crippen molar-refractivity contribution in [3.05, 3.63) is 135 Å². The summed E-state index contributed by atoms with van der Waals surface area (Å²) >= 11 is 5.94. The first-order valence-corrected chi connectivity index (χ1v) is 17.9. The van der Waals surface area contributed by atoms with Crippen LogP contribution in [0.5, 0.6) is 0 Å². The van der Waals surface area contributed by atoms with E-state index in [1.165, 1.54) is 22.3 Å². The SMILES string of the molecule is Cc1cc2nc(C)n(-c3cc(N)nc(Nc4ccc(Cl)cc4)n3)c2cc1C.Cc1ccc(C2(N)N=C(N)C=C(n3c(C)nc4cc(C)c(C)cc43)N2)cc1. The van der Waals surface area contributed by atoms with E-state index in [0.717, 1.165) is 56.4 Å². The fourth-order valence-corrected chi connectivity index (χ4v) is 6.61. The van der Waals surface area contributed by atoms with E-state index in [9.17, 15) is 0 Å². The van der Waals surface area contributed by atoms with Gasteiger partial charge in [0.2, 0.25) is 11.7 Å². The summed E-state index contributed by atoms with van der Waals surface area (Å²) in [5.41, 5.74) is 30.3. The van der Waals surface area contributed by atoms with Crippen molar-refractivity contribution in [1.82, 2.24) is 34.4 Å². The number of amidine groups is 1. The third kappa shape index (κ3) is 7.08. The molecule has 0 amide bonds. The maximum atomic E-state index is 6.61. The summed E-state index contributed by atoms with van der Waals surface area (Å²) < 4.78 is 4.03. The Morgan fingerprint density at radius 1 is 0.667 bits per heavy atom. The Bertz CT molecular complexity index is 2620. The highest BCUT2D eigenvalue weighted by molar-refractivity contribution is 6.30. The van der Waals surface area contributed by atoms with Gasteiger partial charge in [-0.1, -0.05) is 41.4 Å². The predicted octanol–water partition coefficient (Wildman–Crippen LogP) is 7.52. The normalized spacial score (nSPS) is 15.4. The zero-order chi connectivity index (χ0) is 38.5. The van der Waals surface area contributed by atoms with Gasteiger partial charge in [-0.15, -0.1) is 0 Å². The van der Waals surface area contributed by atoms with Crippen LogP contribution in [0.4, 0.5) is 17.5 Å². The van der Waals surface area contributed by atoms with E-state index in [-0.39, 0.29) is 0 Å². The van der Waals surface area contributed by atoms with Crippen molar-refractivity contribution in [2.24, 2.45) is 16.5 Å². The molecule has 0 saturated heterocycles. The summed E-state index contributed by atoms with van der Waals surface area (Å²) in [4.78, 5) is 22.8. The highest BCUT2D eigenvalue weighted by atomic mass is 35.5. The molecule has 0 bridgehead atoms. The minimum absolute atomic E-state index is 0.372. The van der Waals surface area contributed by atoms with Gasteiger partial charge in [-0.2, -0.15) is 9.97 Å². The van der Waals surface area contributed by atoms with Gasteiger partial charge >= 0.3 is 0 Å². The van der Waals surface area contributed by atoms with Crippen LogP contribution < -0.4 is 27.8 Å². The average molecular weight is 739 g/mol. The summed E-state index contributed by atoms with van der Waals surface area (Å²) in [6, 6.07) is 25.5. The molecule has 1 atom stereocenters. The minimum atomic E-state index is -1.13. The van der Waals surface area contributed by atoms with Crippen molar-refractivity contribution in [2.75, 3.05) is 11.1 Å². The van der Waals surface area contributed by atoms with E-state index in [4.69, 9.17) is 33.8 Å². The molecule has 274 valence electrons. The Balaban J connectivity index is 0.000000167. The topological polar surface area (TPSA) is 176 Å². The Morgan fingerprint density at radius 2 is 1.22 bits per heavy atom. The third-order valence-corrected chi connectivity index (χ3v) is 9.83. The van der Waals surface area contributed by atoms with Gasteiger partial charge < -0.3 is 22.1 Å². The van der Waals surface area contributed by atoms with E-state index in [0.29, 0.717) is 28.4 Å². The van der Waals surface area contributed by atoms with E-state index in [1.807, 2.05) is 66.3 Å². The van der Waals surface area contributed by atoms with Crippen LogP contribution in [0.25, 0.3) is 33.7 Å². The molecule has 13 heteroatoms. The van der Waals surface area contributed by atoms with Crippen molar-refractivity contribution in [1.29, 1.82) is 0 Å². The van der Waals surface area contributed by atoms with E-state index >= 15 is 0 Å². The number of hydrogen-bond acceptors (Lipinski definition) is 10. The number of aliphatic imine (C=N–C) groups is 1. The standard InChI is InChI=1S/C21H24N6.C20H19ClN6/c1-12-5-7-16(8-6-12)21(23)25-19(22)11-20(26-21)27-15(4)24-17-9-13(2)14(3)10-18(17)27;1-11-8-16-17(9-12(11)2)27(13(3)23-16)19-10-18(22)25-20(26-19)24-15-6-4-14(21)5-7-15/h5-11,26H,23H2,1-4H3,(H2,22,25);4-10H,1-3H3,(H3,22,24,25,26). The molecular formula is C41H43ClN12. The van der Waals surface area contributed by atoms with E-state index < -0.39 is 5.79 Å². The molecule has 0 spiro atoms. The molecule has 8 N–H and O–H groups in total. The average Bonchev–Trinajstić information content (AvgIpc) is 3.59. The number of nitrogen functional groups attached to an aromatic ring is 1. The van der Waals surface area contributed by atoms with Gasteiger partial charge in [0.05, 0.1) is 22.1 Å². The molecule has 0 fully saturated rings. The first-order chi connectivity index (χ1) is 25.7. The number of rotatable bonds is 5. The lowest BCUT2D eigenvalue weighted by atomic mass is 10.1. The zero-order valence-corrected chi connectivity index (χ0v) is 32.1. The number of nitrogens with one attached hydrogen (secondary N) is 2. The molecule has 1 aliphatic rings. The van der Waals surface area contributed by atoms with Crippen LogP contribution in [0.2, 0.25) is 5.02 Å². The number of fused-ring (bicyclic) bond motifs is 2. The van der Waals surface area contributed by atoms with Crippen LogP contribution in [0.1, 0.15) is 45.0 Å². The maximum Gasteiger partial charge on any atom is 0.231 e. The van der Waals surface area contributed by atoms with Crippen LogP contribution in [0.3, 0.4) is 0 Å². The molecule has 8 rings (SSSR count). The number of hydrogen-bond donors (Lipinski definition) is 5. The third-order valence-electron chi connectivity index (χ3n) is 9.58. The molecule has 4 aromatic carbocycles. The van der Waals surface area contributed by atoms with Gasteiger partial charge in [-0.25, -0.2) is 15.0 Å². The fraction of sp³-hybridized carbons (Fsp3) is 0.195. The van der Waals surface area contributed by atoms with Gasteiger partial charge in [0.1, 0.15) is 34.9 Å². The van der Waals surface area contributed by atoms with Crippen molar-refractivity contribution >= 4 is 62.8 Å². The lowest BCUT2D eigenvalue weighted by Gasteiger charge is -2.33. The Labute approximate surface area is 318 Å².